The second-order valence-electron chi connectivity index (χ2n) is 5.20. The molecule has 0 bridgehead atoms. The number of carbonyl (C=O) groups is 1. The average Bonchev–Trinajstić information content (AvgIpc) is 2.89. The molecule has 1 amide bonds. The average molecular weight is 368 g/mol. The number of hydrogen-bond acceptors (Lipinski definition) is 4. The lowest BCUT2D eigenvalue weighted by Gasteiger charge is -2.19. The van der Waals surface area contributed by atoms with Crippen LogP contribution in [0.3, 0.4) is 0 Å². The Kier molecular flexibility index (Phi) is 3.79. The van der Waals surface area contributed by atoms with E-state index in [1.807, 2.05) is 12.1 Å². The highest BCUT2D eigenvalue weighted by atomic mass is 35.5. The summed E-state index contributed by atoms with van der Waals surface area (Å²) in [6.45, 7) is 0.186. The van der Waals surface area contributed by atoms with E-state index in [2.05, 4.69) is 5.32 Å². The normalized spacial score (nSPS) is 19.0. The summed E-state index contributed by atoms with van der Waals surface area (Å²) in [5.41, 5.74) is 2.58. The number of halogens is 2. The Bertz CT molecular complexity index is 812. The maximum atomic E-state index is 12.0. The summed E-state index contributed by atoms with van der Waals surface area (Å²) in [7, 11) is 0. The van der Waals surface area contributed by atoms with Gasteiger partial charge in [0.25, 0.3) is 0 Å². The minimum absolute atomic E-state index is 0.0531. The molecule has 0 saturated carbocycles. The Balaban J connectivity index is 1.87. The maximum absolute atomic E-state index is 12.0. The molecule has 4 nitrogen and oxygen atoms in total. The van der Waals surface area contributed by atoms with Crippen LogP contribution in [0.2, 0.25) is 10.0 Å². The number of amides is 1. The first-order valence-electron chi connectivity index (χ1n) is 6.92. The highest BCUT2D eigenvalue weighted by molar-refractivity contribution is 8.00. The molecule has 0 radical (unpaired) electrons. The first-order chi connectivity index (χ1) is 11.1. The Morgan fingerprint density at radius 3 is 2.65 bits per heavy atom. The largest absolute Gasteiger partial charge is 0.454 e. The van der Waals surface area contributed by atoms with Crippen LogP contribution < -0.4 is 14.8 Å². The molecule has 4 rings (SSSR count). The number of anilines is 1. The van der Waals surface area contributed by atoms with Gasteiger partial charge in [0.1, 0.15) is 0 Å². The van der Waals surface area contributed by atoms with Crippen molar-refractivity contribution in [1.82, 2.24) is 0 Å². The van der Waals surface area contributed by atoms with E-state index in [0.29, 0.717) is 27.3 Å². The molecule has 0 aromatic heterocycles. The molecule has 0 aliphatic carbocycles. The summed E-state index contributed by atoms with van der Waals surface area (Å²) < 4.78 is 10.9. The molecule has 1 N–H and O–H groups in total. The lowest BCUT2D eigenvalue weighted by Crippen LogP contribution is -2.12. The molecule has 7 heteroatoms. The molecule has 2 heterocycles. The number of thioether (sulfide) groups is 1. The standard InChI is InChI=1S/C16H11Cl2NO3S/c17-8-1-2-9(11(18)3-8)16-10-4-13-14(22-7-21-13)5-12(10)19-15(20)6-23-16/h1-5,16H,6-7H2,(H,19,20). The molecule has 1 unspecified atom stereocenters. The number of nitrogens with one attached hydrogen (secondary N) is 1. The molecule has 0 spiro atoms. The highest BCUT2D eigenvalue weighted by Crippen LogP contribution is 2.48. The van der Waals surface area contributed by atoms with Crippen molar-refractivity contribution in [2.75, 3.05) is 17.9 Å². The Hall–Kier alpha value is -1.56. The summed E-state index contributed by atoms with van der Waals surface area (Å²) in [6, 6.07) is 9.12. The molecule has 2 aromatic carbocycles. The zero-order valence-corrected chi connectivity index (χ0v) is 14.1. The van der Waals surface area contributed by atoms with Crippen LogP contribution in [0.1, 0.15) is 16.4 Å². The van der Waals surface area contributed by atoms with E-state index in [1.165, 1.54) is 11.8 Å². The smallest absolute Gasteiger partial charge is 0.234 e. The lowest BCUT2D eigenvalue weighted by molar-refractivity contribution is -0.113. The molecule has 2 aliphatic heterocycles. The topological polar surface area (TPSA) is 47.6 Å². The zero-order valence-electron chi connectivity index (χ0n) is 11.8. The Morgan fingerprint density at radius 1 is 1.09 bits per heavy atom. The van der Waals surface area contributed by atoms with Gasteiger partial charge in [0.2, 0.25) is 12.7 Å². The van der Waals surface area contributed by atoms with Crippen molar-refractivity contribution in [2.45, 2.75) is 5.25 Å². The third kappa shape index (κ3) is 2.73. The van der Waals surface area contributed by atoms with Crippen LogP contribution in [0.25, 0.3) is 0 Å². The van der Waals surface area contributed by atoms with Crippen molar-refractivity contribution < 1.29 is 14.3 Å². The fourth-order valence-electron chi connectivity index (χ4n) is 2.69. The van der Waals surface area contributed by atoms with Gasteiger partial charge in [0, 0.05) is 21.8 Å². The van der Waals surface area contributed by atoms with Gasteiger partial charge in [-0.2, -0.15) is 0 Å². The molecule has 2 aliphatic rings. The molecular weight excluding hydrogens is 357 g/mol. The van der Waals surface area contributed by atoms with Gasteiger partial charge in [-0.1, -0.05) is 29.3 Å². The molecular formula is C16H11Cl2NO3S. The van der Waals surface area contributed by atoms with Crippen molar-refractivity contribution in [3.05, 3.63) is 51.5 Å². The minimum atomic E-state index is -0.0942. The van der Waals surface area contributed by atoms with Crippen LogP contribution >= 0.6 is 35.0 Å². The van der Waals surface area contributed by atoms with Crippen LogP contribution in [0.4, 0.5) is 5.69 Å². The first kappa shape index (κ1) is 15.0. The molecule has 0 saturated heterocycles. The SMILES string of the molecule is O=C1CSC(c2ccc(Cl)cc2Cl)c2cc3c(cc2N1)OCO3. The fraction of sp³-hybridized carbons (Fsp3) is 0.188. The number of carbonyl (C=O) groups excluding carboxylic acids is 1. The van der Waals surface area contributed by atoms with Gasteiger partial charge in [-0.3, -0.25) is 4.79 Å². The van der Waals surface area contributed by atoms with E-state index in [4.69, 9.17) is 32.7 Å². The van der Waals surface area contributed by atoms with Gasteiger partial charge in [0.15, 0.2) is 11.5 Å². The predicted octanol–water partition coefficient (Wildman–Crippen LogP) is 4.50. The van der Waals surface area contributed by atoms with Crippen molar-refractivity contribution >= 4 is 46.6 Å². The van der Waals surface area contributed by atoms with Crippen molar-refractivity contribution in [1.29, 1.82) is 0 Å². The second kappa shape index (κ2) is 5.82. The summed E-state index contributed by atoms with van der Waals surface area (Å²) in [4.78, 5) is 12.0. The second-order valence-corrected chi connectivity index (χ2v) is 7.13. The van der Waals surface area contributed by atoms with Crippen molar-refractivity contribution in [3.8, 4) is 11.5 Å². The van der Waals surface area contributed by atoms with Crippen LogP contribution in [-0.2, 0) is 4.79 Å². The number of benzene rings is 2. The minimum Gasteiger partial charge on any atom is -0.454 e. The van der Waals surface area contributed by atoms with E-state index in [1.54, 1.807) is 18.2 Å². The van der Waals surface area contributed by atoms with Gasteiger partial charge in [-0.15, -0.1) is 11.8 Å². The van der Waals surface area contributed by atoms with E-state index in [9.17, 15) is 4.79 Å². The summed E-state index contributed by atoms with van der Waals surface area (Å²) >= 11 is 13.9. The monoisotopic (exact) mass is 367 g/mol. The summed E-state index contributed by atoms with van der Waals surface area (Å²) in [6.07, 6.45) is 0. The number of rotatable bonds is 1. The zero-order chi connectivity index (χ0) is 16.0. The van der Waals surface area contributed by atoms with E-state index in [0.717, 1.165) is 16.8 Å². The van der Waals surface area contributed by atoms with Crippen molar-refractivity contribution in [3.63, 3.8) is 0 Å². The van der Waals surface area contributed by atoms with Gasteiger partial charge >= 0.3 is 0 Å². The number of hydrogen-bond donors (Lipinski definition) is 1. The van der Waals surface area contributed by atoms with E-state index < -0.39 is 0 Å². The number of ether oxygens (including phenoxy) is 2. The lowest BCUT2D eigenvalue weighted by atomic mass is 10.0. The van der Waals surface area contributed by atoms with Crippen LogP contribution in [0.5, 0.6) is 11.5 Å². The van der Waals surface area contributed by atoms with E-state index >= 15 is 0 Å². The first-order valence-corrected chi connectivity index (χ1v) is 8.72. The van der Waals surface area contributed by atoms with Crippen molar-refractivity contribution in [2.24, 2.45) is 0 Å². The molecule has 118 valence electrons. The predicted molar refractivity (Wildman–Crippen MR) is 92.0 cm³/mol. The molecule has 1 atom stereocenters. The quantitative estimate of drug-likeness (QED) is 0.805. The Labute approximate surface area is 147 Å². The summed E-state index contributed by atoms with van der Waals surface area (Å²) in [5, 5.41) is 3.98. The van der Waals surface area contributed by atoms with Crippen LogP contribution in [0, 0.1) is 0 Å². The molecule has 2 aromatic rings. The number of fused-ring (bicyclic) bond motifs is 2. The maximum Gasteiger partial charge on any atom is 0.234 e. The summed E-state index contributed by atoms with van der Waals surface area (Å²) in [5.74, 6) is 1.60. The van der Waals surface area contributed by atoms with Gasteiger partial charge in [-0.05, 0) is 29.3 Å². The van der Waals surface area contributed by atoms with E-state index in [-0.39, 0.29) is 18.0 Å². The fourth-order valence-corrected chi connectivity index (χ4v) is 4.42. The molecule has 23 heavy (non-hydrogen) atoms. The van der Waals surface area contributed by atoms with Crippen LogP contribution in [0.15, 0.2) is 30.3 Å². The molecule has 0 fully saturated rings. The van der Waals surface area contributed by atoms with Gasteiger partial charge in [-0.25, -0.2) is 0 Å². The van der Waals surface area contributed by atoms with Gasteiger partial charge < -0.3 is 14.8 Å². The van der Waals surface area contributed by atoms with Gasteiger partial charge in [0.05, 0.1) is 11.0 Å². The third-order valence-electron chi connectivity index (χ3n) is 3.73. The van der Waals surface area contributed by atoms with Crippen LogP contribution in [-0.4, -0.2) is 18.5 Å². The Morgan fingerprint density at radius 2 is 1.87 bits per heavy atom. The highest BCUT2D eigenvalue weighted by Gasteiger charge is 2.29. The third-order valence-corrected chi connectivity index (χ3v) is 5.56.